The van der Waals surface area contributed by atoms with E-state index in [0.717, 1.165) is 0 Å². The van der Waals surface area contributed by atoms with Crippen LogP contribution in [0.15, 0.2) is 4.90 Å². The number of hydrogen-bond acceptors (Lipinski definition) is 4. The van der Waals surface area contributed by atoms with E-state index in [1.54, 1.807) is 18.7 Å². The zero-order valence-electron chi connectivity index (χ0n) is 13.2. The summed E-state index contributed by atoms with van der Waals surface area (Å²) in [7, 11) is -3.58. The van der Waals surface area contributed by atoms with Crippen LogP contribution in [0.25, 0.3) is 0 Å². The molecule has 2 rings (SSSR count). The standard InChI is InChI=1S/C13H23N5O3S/c1-4-14-13(19)17-6-5-7-18(9-8-17)22(20,21)12-10(2)15-16-11(12)3/h4-9H2,1-3H3,(H,14,19)(H,15,16). The van der Waals surface area contributed by atoms with Gasteiger partial charge in [-0.05, 0) is 27.2 Å². The Bertz CT molecular complexity index is 621. The van der Waals surface area contributed by atoms with E-state index in [0.29, 0.717) is 50.5 Å². The first kappa shape index (κ1) is 16.8. The summed E-state index contributed by atoms with van der Waals surface area (Å²) in [6, 6.07) is -0.141. The molecule has 2 heterocycles. The van der Waals surface area contributed by atoms with Gasteiger partial charge in [0.05, 0.1) is 11.4 Å². The molecular weight excluding hydrogens is 306 g/mol. The van der Waals surface area contributed by atoms with Gasteiger partial charge in [-0.2, -0.15) is 9.40 Å². The number of sulfonamides is 1. The highest BCUT2D eigenvalue weighted by Gasteiger charge is 2.31. The van der Waals surface area contributed by atoms with Gasteiger partial charge < -0.3 is 10.2 Å². The average molecular weight is 329 g/mol. The van der Waals surface area contributed by atoms with Crippen LogP contribution >= 0.6 is 0 Å². The summed E-state index contributed by atoms with van der Waals surface area (Å²) in [6.45, 7) is 7.44. The molecule has 1 aliphatic rings. The van der Waals surface area contributed by atoms with Crippen molar-refractivity contribution in [3.05, 3.63) is 11.4 Å². The number of amides is 2. The Balaban J connectivity index is 2.15. The van der Waals surface area contributed by atoms with E-state index in [4.69, 9.17) is 0 Å². The molecule has 2 N–H and O–H groups in total. The van der Waals surface area contributed by atoms with Crippen molar-refractivity contribution in [1.82, 2.24) is 24.7 Å². The van der Waals surface area contributed by atoms with Crippen LogP contribution in [0, 0.1) is 13.8 Å². The lowest BCUT2D eigenvalue weighted by Gasteiger charge is -2.22. The third kappa shape index (κ3) is 3.25. The molecule has 124 valence electrons. The molecule has 0 aliphatic carbocycles. The number of carbonyl (C=O) groups is 1. The van der Waals surface area contributed by atoms with E-state index >= 15 is 0 Å². The number of nitrogens with one attached hydrogen (secondary N) is 2. The third-order valence-corrected chi connectivity index (χ3v) is 5.89. The highest BCUT2D eigenvalue weighted by atomic mass is 32.2. The highest BCUT2D eigenvalue weighted by Crippen LogP contribution is 2.22. The Morgan fingerprint density at radius 3 is 2.59 bits per heavy atom. The molecule has 22 heavy (non-hydrogen) atoms. The predicted octanol–water partition coefficient (Wildman–Crippen LogP) is 0.452. The maximum absolute atomic E-state index is 12.8. The topological polar surface area (TPSA) is 98.4 Å². The minimum absolute atomic E-state index is 0.141. The molecule has 1 fully saturated rings. The first-order chi connectivity index (χ1) is 10.4. The van der Waals surface area contributed by atoms with Gasteiger partial charge in [0.15, 0.2) is 0 Å². The molecule has 1 aliphatic heterocycles. The molecule has 0 bridgehead atoms. The molecular formula is C13H23N5O3S. The van der Waals surface area contributed by atoms with Crippen molar-refractivity contribution in [2.75, 3.05) is 32.7 Å². The normalized spacial score (nSPS) is 17.3. The van der Waals surface area contributed by atoms with Crippen molar-refractivity contribution in [3.63, 3.8) is 0 Å². The zero-order valence-corrected chi connectivity index (χ0v) is 14.0. The van der Waals surface area contributed by atoms with Crippen molar-refractivity contribution >= 4 is 16.1 Å². The Labute approximate surface area is 130 Å². The van der Waals surface area contributed by atoms with Crippen LogP contribution < -0.4 is 5.32 Å². The molecule has 0 atom stereocenters. The van der Waals surface area contributed by atoms with Crippen molar-refractivity contribution in [3.8, 4) is 0 Å². The van der Waals surface area contributed by atoms with Crippen molar-refractivity contribution < 1.29 is 13.2 Å². The van der Waals surface area contributed by atoms with Gasteiger partial charge in [-0.3, -0.25) is 5.10 Å². The summed E-state index contributed by atoms with van der Waals surface area (Å²) >= 11 is 0. The minimum atomic E-state index is -3.58. The van der Waals surface area contributed by atoms with Gasteiger partial charge in [0.25, 0.3) is 0 Å². The Morgan fingerprint density at radius 2 is 2.00 bits per heavy atom. The number of aromatic amines is 1. The summed E-state index contributed by atoms with van der Waals surface area (Å²) in [5.74, 6) is 0. The summed E-state index contributed by atoms with van der Waals surface area (Å²) in [6.07, 6.45) is 0.617. The Kier molecular flexibility index (Phi) is 5.07. The summed E-state index contributed by atoms with van der Waals surface area (Å²) in [5, 5.41) is 9.42. The number of carbonyl (C=O) groups excluding carboxylic acids is 1. The van der Waals surface area contributed by atoms with E-state index in [9.17, 15) is 13.2 Å². The van der Waals surface area contributed by atoms with Crippen LogP contribution in [0.4, 0.5) is 4.79 Å². The first-order valence-electron chi connectivity index (χ1n) is 7.42. The number of urea groups is 1. The molecule has 0 spiro atoms. The smallest absolute Gasteiger partial charge is 0.317 e. The third-order valence-electron chi connectivity index (χ3n) is 3.73. The molecule has 9 heteroatoms. The number of hydrogen-bond donors (Lipinski definition) is 2. The number of nitrogens with zero attached hydrogens (tertiary/aromatic N) is 3. The molecule has 1 aromatic heterocycles. The number of aryl methyl sites for hydroxylation is 2. The second kappa shape index (κ2) is 6.66. The second-order valence-electron chi connectivity index (χ2n) is 5.34. The number of H-pyrrole nitrogens is 1. The highest BCUT2D eigenvalue weighted by molar-refractivity contribution is 7.89. The monoisotopic (exact) mass is 329 g/mol. The fourth-order valence-corrected chi connectivity index (χ4v) is 4.45. The Hall–Kier alpha value is -1.61. The van der Waals surface area contributed by atoms with Gasteiger partial charge in [-0.15, -0.1) is 0 Å². The van der Waals surface area contributed by atoms with Gasteiger partial charge in [-0.25, -0.2) is 13.2 Å². The molecule has 0 radical (unpaired) electrons. The second-order valence-corrected chi connectivity index (χ2v) is 7.22. The lowest BCUT2D eigenvalue weighted by molar-refractivity contribution is 0.201. The molecule has 0 aromatic carbocycles. The zero-order chi connectivity index (χ0) is 16.3. The maximum Gasteiger partial charge on any atom is 0.317 e. The molecule has 8 nitrogen and oxygen atoms in total. The van der Waals surface area contributed by atoms with E-state index in [2.05, 4.69) is 15.5 Å². The van der Waals surface area contributed by atoms with E-state index < -0.39 is 10.0 Å². The lowest BCUT2D eigenvalue weighted by Crippen LogP contribution is -2.42. The SMILES string of the molecule is CCNC(=O)N1CCCN(S(=O)(=O)c2c(C)n[nH]c2C)CC1. The Morgan fingerprint density at radius 1 is 1.27 bits per heavy atom. The fourth-order valence-electron chi connectivity index (χ4n) is 2.65. The van der Waals surface area contributed by atoms with Crippen LogP contribution in [-0.4, -0.2) is 66.6 Å². The van der Waals surface area contributed by atoms with Crippen LogP contribution in [0.3, 0.4) is 0 Å². The summed E-state index contributed by atoms with van der Waals surface area (Å²) < 4.78 is 27.0. The van der Waals surface area contributed by atoms with Gasteiger partial charge >= 0.3 is 6.03 Å². The van der Waals surface area contributed by atoms with Crippen LogP contribution in [0.2, 0.25) is 0 Å². The van der Waals surface area contributed by atoms with Gasteiger partial charge in [0.1, 0.15) is 4.90 Å². The fraction of sp³-hybridized carbons (Fsp3) is 0.692. The van der Waals surface area contributed by atoms with Crippen molar-refractivity contribution in [1.29, 1.82) is 0 Å². The summed E-state index contributed by atoms with van der Waals surface area (Å²) in [5.41, 5.74) is 1.02. The minimum Gasteiger partial charge on any atom is -0.338 e. The maximum atomic E-state index is 12.8. The van der Waals surface area contributed by atoms with Crippen molar-refractivity contribution in [2.24, 2.45) is 0 Å². The van der Waals surface area contributed by atoms with Crippen LogP contribution in [-0.2, 0) is 10.0 Å². The van der Waals surface area contributed by atoms with Gasteiger partial charge in [0, 0.05) is 32.7 Å². The van der Waals surface area contributed by atoms with Gasteiger partial charge in [-0.1, -0.05) is 0 Å². The molecule has 0 saturated carbocycles. The van der Waals surface area contributed by atoms with Crippen LogP contribution in [0.1, 0.15) is 24.7 Å². The van der Waals surface area contributed by atoms with E-state index in [1.165, 1.54) is 4.31 Å². The van der Waals surface area contributed by atoms with E-state index in [-0.39, 0.29) is 10.9 Å². The molecule has 2 amide bonds. The lowest BCUT2D eigenvalue weighted by atomic mass is 10.4. The molecule has 1 aromatic rings. The van der Waals surface area contributed by atoms with Gasteiger partial charge in [0.2, 0.25) is 10.0 Å². The van der Waals surface area contributed by atoms with Crippen LogP contribution in [0.5, 0.6) is 0 Å². The quantitative estimate of drug-likeness (QED) is 0.841. The molecule has 0 unspecified atom stereocenters. The predicted molar refractivity (Wildman–Crippen MR) is 82.1 cm³/mol. The number of aromatic nitrogens is 2. The van der Waals surface area contributed by atoms with E-state index in [1.807, 2.05) is 6.92 Å². The van der Waals surface area contributed by atoms with Crippen molar-refractivity contribution in [2.45, 2.75) is 32.1 Å². The largest absolute Gasteiger partial charge is 0.338 e. The average Bonchev–Trinajstić information content (AvgIpc) is 2.68. The summed E-state index contributed by atoms with van der Waals surface area (Å²) in [4.78, 5) is 13.8. The number of rotatable bonds is 3. The first-order valence-corrected chi connectivity index (χ1v) is 8.86. The molecule has 1 saturated heterocycles.